The lowest BCUT2D eigenvalue weighted by atomic mass is 10.1. The van der Waals surface area contributed by atoms with Crippen LogP contribution in [-0.2, 0) is 6.54 Å². The number of hydrogen-bond donors (Lipinski definition) is 1. The second-order valence-corrected chi connectivity index (χ2v) is 6.79. The van der Waals surface area contributed by atoms with Crippen molar-refractivity contribution in [1.82, 2.24) is 10.2 Å². The molecular formula is C19H21IN2O4. The van der Waals surface area contributed by atoms with E-state index in [0.29, 0.717) is 29.2 Å². The Labute approximate surface area is 166 Å². The van der Waals surface area contributed by atoms with Gasteiger partial charge in [0, 0.05) is 29.8 Å². The van der Waals surface area contributed by atoms with E-state index in [1.807, 2.05) is 12.1 Å². The zero-order valence-corrected chi connectivity index (χ0v) is 17.3. The number of amides is 2. The SMILES string of the molecule is CNC(=O)c1ccc(CN(C)C(=O)c2cc(OC)c(OC)cc2I)cc1. The van der Waals surface area contributed by atoms with Crippen molar-refractivity contribution in [1.29, 1.82) is 0 Å². The third-order valence-corrected chi connectivity index (χ3v) is 4.81. The van der Waals surface area contributed by atoms with Crippen LogP contribution in [0.1, 0.15) is 26.3 Å². The topological polar surface area (TPSA) is 67.9 Å². The van der Waals surface area contributed by atoms with E-state index in [4.69, 9.17) is 9.47 Å². The molecule has 6 nitrogen and oxygen atoms in total. The fourth-order valence-electron chi connectivity index (χ4n) is 2.48. The van der Waals surface area contributed by atoms with Crippen LogP contribution < -0.4 is 14.8 Å². The molecule has 0 aliphatic heterocycles. The molecule has 2 aromatic carbocycles. The van der Waals surface area contributed by atoms with E-state index < -0.39 is 0 Å². The lowest BCUT2D eigenvalue weighted by molar-refractivity contribution is 0.0783. The number of benzene rings is 2. The summed E-state index contributed by atoms with van der Waals surface area (Å²) in [6.45, 7) is 0.428. The first-order valence-corrected chi connectivity index (χ1v) is 8.97. The number of carbonyl (C=O) groups excluding carboxylic acids is 2. The van der Waals surface area contributed by atoms with Crippen molar-refractivity contribution in [3.05, 3.63) is 56.7 Å². The van der Waals surface area contributed by atoms with E-state index in [-0.39, 0.29) is 11.8 Å². The maximum absolute atomic E-state index is 12.8. The summed E-state index contributed by atoms with van der Waals surface area (Å²) in [6, 6.07) is 10.6. The third kappa shape index (κ3) is 4.46. The molecule has 0 spiro atoms. The molecule has 0 atom stereocenters. The number of nitrogens with one attached hydrogen (secondary N) is 1. The number of ether oxygens (including phenoxy) is 2. The molecule has 26 heavy (non-hydrogen) atoms. The highest BCUT2D eigenvalue weighted by Gasteiger charge is 2.19. The first kappa shape index (κ1) is 20.0. The van der Waals surface area contributed by atoms with Gasteiger partial charge in [0.2, 0.25) is 0 Å². The van der Waals surface area contributed by atoms with Crippen molar-refractivity contribution in [3.63, 3.8) is 0 Å². The lowest BCUT2D eigenvalue weighted by Gasteiger charge is -2.19. The molecule has 1 N–H and O–H groups in total. The van der Waals surface area contributed by atoms with Gasteiger partial charge in [0.15, 0.2) is 11.5 Å². The molecule has 0 radical (unpaired) electrons. The first-order chi connectivity index (χ1) is 12.4. The molecule has 138 valence electrons. The van der Waals surface area contributed by atoms with E-state index in [2.05, 4.69) is 27.9 Å². The van der Waals surface area contributed by atoms with E-state index in [9.17, 15) is 9.59 Å². The Bertz CT molecular complexity index is 806. The number of nitrogens with zero attached hydrogens (tertiary/aromatic N) is 1. The summed E-state index contributed by atoms with van der Waals surface area (Å²) in [5.41, 5.74) is 2.07. The molecule has 0 bridgehead atoms. The van der Waals surface area contributed by atoms with Gasteiger partial charge in [-0.3, -0.25) is 9.59 Å². The van der Waals surface area contributed by atoms with Crippen LogP contribution in [0.3, 0.4) is 0 Å². The summed E-state index contributed by atoms with van der Waals surface area (Å²) >= 11 is 2.11. The van der Waals surface area contributed by atoms with Crippen molar-refractivity contribution in [3.8, 4) is 11.5 Å². The van der Waals surface area contributed by atoms with Crippen LogP contribution in [0.2, 0.25) is 0 Å². The quantitative estimate of drug-likeness (QED) is 0.663. The van der Waals surface area contributed by atoms with Gasteiger partial charge in [0.1, 0.15) is 0 Å². The van der Waals surface area contributed by atoms with Gasteiger partial charge >= 0.3 is 0 Å². The summed E-state index contributed by atoms with van der Waals surface area (Å²) in [5, 5.41) is 2.58. The van der Waals surface area contributed by atoms with Crippen molar-refractivity contribution in [2.24, 2.45) is 0 Å². The maximum atomic E-state index is 12.8. The minimum atomic E-state index is -0.138. The molecule has 0 aromatic heterocycles. The fourth-order valence-corrected chi connectivity index (χ4v) is 3.14. The molecule has 0 fully saturated rings. The summed E-state index contributed by atoms with van der Waals surface area (Å²) in [7, 11) is 6.43. The second-order valence-electron chi connectivity index (χ2n) is 5.62. The van der Waals surface area contributed by atoms with E-state index in [0.717, 1.165) is 9.13 Å². The van der Waals surface area contributed by atoms with E-state index in [1.54, 1.807) is 50.4 Å². The zero-order chi connectivity index (χ0) is 19.3. The zero-order valence-electron chi connectivity index (χ0n) is 15.1. The molecule has 2 aromatic rings. The van der Waals surface area contributed by atoms with Gasteiger partial charge in [-0.15, -0.1) is 0 Å². The van der Waals surface area contributed by atoms with Gasteiger partial charge in [-0.2, -0.15) is 0 Å². The van der Waals surface area contributed by atoms with Crippen LogP contribution in [0.25, 0.3) is 0 Å². The monoisotopic (exact) mass is 468 g/mol. The Balaban J connectivity index is 2.18. The number of halogens is 1. The predicted octanol–water partition coefficient (Wildman–Crippen LogP) is 2.94. The lowest BCUT2D eigenvalue weighted by Crippen LogP contribution is -2.27. The van der Waals surface area contributed by atoms with E-state index in [1.165, 1.54) is 7.11 Å². The Morgan fingerprint density at radius 3 is 2.19 bits per heavy atom. The van der Waals surface area contributed by atoms with Crippen molar-refractivity contribution in [2.45, 2.75) is 6.54 Å². The molecule has 0 heterocycles. The summed E-state index contributed by atoms with van der Waals surface area (Å²) in [6.07, 6.45) is 0. The Kier molecular flexibility index (Phi) is 6.84. The van der Waals surface area contributed by atoms with Crippen molar-refractivity contribution >= 4 is 34.4 Å². The van der Waals surface area contributed by atoms with Gasteiger partial charge in [-0.25, -0.2) is 0 Å². The number of rotatable bonds is 6. The van der Waals surface area contributed by atoms with Gasteiger partial charge < -0.3 is 19.7 Å². The highest BCUT2D eigenvalue weighted by Crippen LogP contribution is 2.32. The molecule has 2 amide bonds. The molecule has 0 saturated carbocycles. The summed E-state index contributed by atoms with van der Waals surface area (Å²) in [5.74, 6) is 0.840. The smallest absolute Gasteiger partial charge is 0.255 e. The van der Waals surface area contributed by atoms with Crippen LogP contribution in [0.15, 0.2) is 36.4 Å². The van der Waals surface area contributed by atoms with E-state index >= 15 is 0 Å². The highest BCUT2D eigenvalue weighted by molar-refractivity contribution is 14.1. The molecule has 0 aliphatic carbocycles. The minimum Gasteiger partial charge on any atom is -0.493 e. The molecule has 0 saturated heterocycles. The third-order valence-electron chi connectivity index (χ3n) is 3.91. The maximum Gasteiger partial charge on any atom is 0.255 e. The Morgan fingerprint density at radius 1 is 1.08 bits per heavy atom. The van der Waals surface area contributed by atoms with Crippen LogP contribution >= 0.6 is 22.6 Å². The average Bonchev–Trinajstić information content (AvgIpc) is 2.66. The second kappa shape index (κ2) is 8.88. The standard InChI is InChI=1S/C19H21IN2O4/c1-21-18(23)13-7-5-12(6-8-13)11-22(2)19(24)14-9-16(25-3)17(26-4)10-15(14)20/h5-10H,11H2,1-4H3,(H,21,23). The predicted molar refractivity (Wildman–Crippen MR) is 108 cm³/mol. The molecule has 2 rings (SSSR count). The molecule has 0 aliphatic rings. The van der Waals surface area contributed by atoms with Gasteiger partial charge in [-0.05, 0) is 52.4 Å². The Hall–Kier alpha value is -2.29. The Morgan fingerprint density at radius 2 is 1.65 bits per heavy atom. The molecule has 0 unspecified atom stereocenters. The highest BCUT2D eigenvalue weighted by atomic mass is 127. The van der Waals surface area contributed by atoms with Crippen LogP contribution in [0.4, 0.5) is 0 Å². The minimum absolute atomic E-state index is 0.120. The number of hydrogen-bond acceptors (Lipinski definition) is 4. The van der Waals surface area contributed by atoms with Crippen LogP contribution in [-0.4, -0.2) is 45.0 Å². The van der Waals surface area contributed by atoms with Gasteiger partial charge in [-0.1, -0.05) is 12.1 Å². The van der Waals surface area contributed by atoms with Gasteiger partial charge in [0.25, 0.3) is 11.8 Å². The van der Waals surface area contributed by atoms with Crippen LogP contribution in [0.5, 0.6) is 11.5 Å². The van der Waals surface area contributed by atoms with Crippen molar-refractivity contribution in [2.75, 3.05) is 28.3 Å². The number of carbonyl (C=O) groups is 2. The summed E-state index contributed by atoms with van der Waals surface area (Å²) < 4.78 is 11.3. The van der Waals surface area contributed by atoms with Crippen molar-refractivity contribution < 1.29 is 19.1 Å². The largest absolute Gasteiger partial charge is 0.493 e. The summed E-state index contributed by atoms with van der Waals surface area (Å²) in [4.78, 5) is 26.0. The fraction of sp³-hybridized carbons (Fsp3) is 0.263. The van der Waals surface area contributed by atoms with Crippen LogP contribution in [0, 0.1) is 3.57 Å². The first-order valence-electron chi connectivity index (χ1n) is 7.89. The van der Waals surface area contributed by atoms with Gasteiger partial charge in [0.05, 0.1) is 19.8 Å². The molecule has 7 heteroatoms. The normalized spacial score (nSPS) is 10.2. The average molecular weight is 468 g/mol. The molecular weight excluding hydrogens is 447 g/mol. The number of methoxy groups -OCH3 is 2.